The molecule has 0 unspecified atom stereocenters. The van der Waals surface area contributed by atoms with Crippen LogP contribution in [0.5, 0.6) is 0 Å². The Kier molecular flexibility index (Phi) is 4.72. The van der Waals surface area contributed by atoms with Crippen molar-refractivity contribution in [3.8, 4) is 11.4 Å². The molecule has 1 aromatic carbocycles. The maximum absolute atomic E-state index is 11.3. The van der Waals surface area contributed by atoms with Crippen molar-refractivity contribution in [3.05, 3.63) is 41.0 Å². The number of amides is 1. The minimum atomic E-state index is -0.532. The number of benzene rings is 1. The lowest BCUT2D eigenvalue weighted by Crippen LogP contribution is -2.22. The molecule has 1 amide bonds. The molecule has 0 aliphatic rings. The Labute approximate surface area is 127 Å². The van der Waals surface area contributed by atoms with Gasteiger partial charge in [-0.1, -0.05) is 23.7 Å². The Morgan fingerprint density at radius 3 is 2.71 bits per heavy atom. The normalized spacial score (nSPS) is 10.3. The molecule has 0 spiro atoms. The molecular formula is C14H15ClN4O2. The standard InChI is InChI=1S/C14H15ClN4O2/c1-19(2)12-7-11(8-13(20)18-21)16-14(17-12)9-4-3-5-10(15)6-9/h3-7,21H,8H2,1-2H3,(H,18,20). The van der Waals surface area contributed by atoms with Crippen molar-refractivity contribution in [2.45, 2.75) is 6.42 Å². The van der Waals surface area contributed by atoms with Crippen LogP contribution in [-0.4, -0.2) is 35.2 Å². The number of halogens is 1. The molecule has 6 nitrogen and oxygen atoms in total. The van der Waals surface area contributed by atoms with E-state index in [0.29, 0.717) is 22.4 Å². The number of aromatic nitrogens is 2. The number of anilines is 1. The van der Waals surface area contributed by atoms with Gasteiger partial charge in [-0.3, -0.25) is 10.0 Å². The predicted molar refractivity (Wildman–Crippen MR) is 80.4 cm³/mol. The highest BCUT2D eigenvalue weighted by Gasteiger charge is 2.11. The van der Waals surface area contributed by atoms with Crippen LogP contribution < -0.4 is 10.4 Å². The fraction of sp³-hybridized carbons (Fsp3) is 0.214. The van der Waals surface area contributed by atoms with Crippen LogP contribution in [0, 0.1) is 0 Å². The summed E-state index contributed by atoms with van der Waals surface area (Å²) in [6, 6.07) is 8.87. The SMILES string of the molecule is CN(C)c1cc(CC(=O)NO)nc(-c2cccc(Cl)c2)n1. The lowest BCUT2D eigenvalue weighted by atomic mass is 10.2. The molecule has 21 heavy (non-hydrogen) atoms. The molecule has 1 heterocycles. The van der Waals surface area contributed by atoms with Gasteiger partial charge in [-0.2, -0.15) is 0 Å². The van der Waals surface area contributed by atoms with E-state index < -0.39 is 5.91 Å². The van der Waals surface area contributed by atoms with Gasteiger partial charge in [0.2, 0.25) is 5.91 Å². The number of rotatable bonds is 4. The molecule has 0 aliphatic heterocycles. The molecule has 0 saturated heterocycles. The van der Waals surface area contributed by atoms with E-state index in [1.165, 1.54) is 0 Å². The third kappa shape index (κ3) is 3.90. The molecule has 0 saturated carbocycles. The Bertz CT molecular complexity index is 661. The van der Waals surface area contributed by atoms with Gasteiger partial charge in [0.1, 0.15) is 5.82 Å². The number of hydroxylamine groups is 1. The summed E-state index contributed by atoms with van der Waals surface area (Å²) >= 11 is 5.98. The predicted octanol–water partition coefficient (Wildman–Crippen LogP) is 1.91. The number of carbonyl (C=O) groups excluding carboxylic acids is 1. The summed E-state index contributed by atoms with van der Waals surface area (Å²) < 4.78 is 0. The van der Waals surface area contributed by atoms with Crippen LogP contribution >= 0.6 is 11.6 Å². The first-order chi connectivity index (χ1) is 9.99. The third-order valence-electron chi connectivity index (χ3n) is 2.77. The number of hydrogen-bond donors (Lipinski definition) is 2. The van der Waals surface area contributed by atoms with E-state index >= 15 is 0 Å². The monoisotopic (exact) mass is 306 g/mol. The van der Waals surface area contributed by atoms with Crippen molar-refractivity contribution < 1.29 is 10.0 Å². The zero-order valence-electron chi connectivity index (χ0n) is 11.7. The first-order valence-corrected chi connectivity index (χ1v) is 6.61. The van der Waals surface area contributed by atoms with Crippen LogP contribution in [0.15, 0.2) is 30.3 Å². The minimum Gasteiger partial charge on any atom is -0.363 e. The van der Waals surface area contributed by atoms with Crippen molar-refractivity contribution in [2.24, 2.45) is 0 Å². The molecule has 110 valence electrons. The summed E-state index contributed by atoms with van der Waals surface area (Å²) in [7, 11) is 3.69. The fourth-order valence-electron chi connectivity index (χ4n) is 1.76. The van der Waals surface area contributed by atoms with Crippen molar-refractivity contribution in [1.82, 2.24) is 15.4 Å². The lowest BCUT2D eigenvalue weighted by Gasteiger charge is -2.14. The second-order valence-electron chi connectivity index (χ2n) is 4.66. The highest BCUT2D eigenvalue weighted by molar-refractivity contribution is 6.30. The number of nitrogens with one attached hydrogen (secondary N) is 1. The minimum absolute atomic E-state index is 0.0343. The molecule has 2 aromatic rings. The molecule has 2 rings (SSSR count). The average Bonchev–Trinajstić information content (AvgIpc) is 2.46. The van der Waals surface area contributed by atoms with Gasteiger partial charge < -0.3 is 4.90 Å². The van der Waals surface area contributed by atoms with E-state index in [4.69, 9.17) is 16.8 Å². The summed E-state index contributed by atoms with van der Waals surface area (Å²) in [5.41, 5.74) is 2.87. The van der Waals surface area contributed by atoms with Crippen LogP contribution in [0.25, 0.3) is 11.4 Å². The van der Waals surface area contributed by atoms with E-state index in [-0.39, 0.29) is 6.42 Å². The summed E-state index contributed by atoms with van der Waals surface area (Å²) in [4.78, 5) is 21.9. The number of nitrogens with zero attached hydrogens (tertiary/aromatic N) is 3. The van der Waals surface area contributed by atoms with Gasteiger partial charge in [0.25, 0.3) is 0 Å². The molecule has 0 bridgehead atoms. The highest BCUT2D eigenvalue weighted by Crippen LogP contribution is 2.22. The van der Waals surface area contributed by atoms with Gasteiger partial charge in [-0.15, -0.1) is 0 Å². The summed E-state index contributed by atoms with van der Waals surface area (Å²) in [5, 5.41) is 9.21. The second-order valence-corrected chi connectivity index (χ2v) is 5.09. The number of carbonyl (C=O) groups is 1. The molecular weight excluding hydrogens is 292 g/mol. The Hall–Kier alpha value is -2.18. The summed E-state index contributed by atoms with van der Waals surface area (Å²) in [6.45, 7) is 0. The van der Waals surface area contributed by atoms with E-state index in [1.54, 1.807) is 23.7 Å². The second kappa shape index (κ2) is 6.51. The van der Waals surface area contributed by atoms with E-state index in [1.807, 2.05) is 31.1 Å². The van der Waals surface area contributed by atoms with Crippen LogP contribution in [0.2, 0.25) is 5.02 Å². The van der Waals surface area contributed by atoms with E-state index in [9.17, 15) is 4.79 Å². The molecule has 0 aliphatic carbocycles. The molecule has 2 N–H and O–H groups in total. The Morgan fingerprint density at radius 2 is 2.10 bits per heavy atom. The van der Waals surface area contributed by atoms with E-state index in [0.717, 1.165) is 5.56 Å². The topological polar surface area (TPSA) is 78.4 Å². The van der Waals surface area contributed by atoms with Crippen molar-refractivity contribution in [1.29, 1.82) is 0 Å². The van der Waals surface area contributed by atoms with Gasteiger partial charge in [-0.25, -0.2) is 15.4 Å². The molecule has 1 aromatic heterocycles. The van der Waals surface area contributed by atoms with Gasteiger partial charge in [0, 0.05) is 30.7 Å². The summed E-state index contributed by atoms with van der Waals surface area (Å²) in [5.74, 6) is 0.612. The van der Waals surface area contributed by atoms with E-state index in [2.05, 4.69) is 9.97 Å². The van der Waals surface area contributed by atoms with Crippen LogP contribution in [0.4, 0.5) is 5.82 Å². The van der Waals surface area contributed by atoms with Gasteiger partial charge >= 0.3 is 0 Å². The van der Waals surface area contributed by atoms with Gasteiger partial charge in [0.05, 0.1) is 12.1 Å². The third-order valence-corrected chi connectivity index (χ3v) is 3.01. The highest BCUT2D eigenvalue weighted by atomic mass is 35.5. The van der Waals surface area contributed by atoms with Crippen molar-refractivity contribution in [2.75, 3.05) is 19.0 Å². The number of hydrogen-bond acceptors (Lipinski definition) is 5. The lowest BCUT2D eigenvalue weighted by molar-refractivity contribution is -0.128. The van der Waals surface area contributed by atoms with Gasteiger partial charge in [0.15, 0.2) is 5.82 Å². The molecule has 0 atom stereocenters. The Balaban J connectivity index is 2.47. The zero-order valence-corrected chi connectivity index (χ0v) is 12.4. The summed E-state index contributed by atoms with van der Waals surface area (Å²) in [6.07, 6.45) is -0.0343. The van der Waals surface area contributed by atoms with Crippen LogP contribution in [0.3, 0.4) is 0 Å². The van der Waals surface area contributed by atoms with Crippen LogP contribution in [0.1, 0.15) is 5.69 Å². The van der Waals surface area contributed by atoms with Gasteiger partial charge in [-0.05, 0) is 12.1 Å². The fourth-order valence-corrected chi connectivity index (χ4v) is 1.95. The first-order valence-electron chi connectivity index (χ1n) is 6.23. The Morgan fingerprint density at radius 1 is 1.33 bits per heavy atom. The average molecular weight is 307 g/mol. The smallest absolute Gasteiger partial charge is 0.249 e. The van der Waals surface area contributed by atoms with Crippen LogP contribution in [-0.2, 0) is 11.2 Å². The maximum atomic E-state index is 11.3. The van der Waals surface area contributed by atoms with Crippen molar-refractivity contribution >= 4 is 23.3 Å². The van der Waals surface area contributed by atoms with Crippen molar-refractivity contribution in [3.63, 3.8) is 0 Å². The molecule has 0 radical (unpaired) electrons. The maximum Gasteiger partial charge on any atom is 0.249 e. The largest absolute Gasteiger partial charge is 0.363 e. The zero-order chi connectivity index (χ0) is 15.4. The molecule has 0 fully saturated rings. The first kappa shape index (κ1) is 15.2. The quantitative estimate of drug-likeness (QED) is 0.666. The molecule has 7 heteroatoms.